The number of carbonyl (C=O) groups excluding carboxylic acids is 1. The summed E-state index contributed by atoms with van der Waals surface area (Å²) in [5.41, 5.74) is 1.20. The Morgan fingerprint density at radius 2 is 2.33 bits per heavy atom. The van der Waals surface area contributed by atoms with Crippen LogP contribution in [0.2, 0.25) is 0 Å². The molecule has 4 rings (SSSR count). The molecular weight excluding hydrogens is 308 g/mol. The van der Waals surface area contributed by atoms with Gasteiger partial charge in [-0.05, 0) is 38.7 Å². The van der Waals surface area contributed by atoms with Crippen molar-refractivity contribution in [2.45, 2.75) is 38.5 Å². The Morgan fingerprint density at radius 1 is 1.46 bits per heavy atom. The van der Waals surface area contributed by atoms with Crippen LogP contribution in [0.4, 0.5) is 10.5 Å². The van der Waals surface area contributed by atoms with Crippen molar-refractivity contribution in [3.05, 3.63) is 29.7 Å². The van der Waals surface area contributed by atoms with E-state index in [0.717, 1.165) is 19.3 Å². The maximum absolute atomic E-state index is 12.7. The summed E-state index contributed by atoms with van der Waals surface area (Å²) in [4.78, 5) is 19.0. The molecule has 24 heavy (non-hydrogen) atoms. The van der Waals surface area contributed by atoms with Crippen LogP contribution in [0.15, 0.2) is 16.8 Å². The summed E-state index contributed by atoms with van der Waals surface area (Å²) in [6.45, 7) is 4.98. The standard InChI is InChI=1S/C16H20N6O2/c1-10-13(5-7-17-20-10)19-15(23)22-8-12-4-3-6-16(12,9-22)14-18-11(2)21-24-14/h5,7,12H,3-4,6,8-9H2,1-2H3,(H,17,19,23)/t12-,16-/m0/s1. The predicted molar refractivity (Wildman–Crippen MR) is 85.4 cm³/mol. The second-order valence-electron chi connectivity index (χ2n) is 6.73. The van der Waals surface area contributed by atoms with Crippen LogP contribution in [0.1, 0.15) is 36.7 Å². The van der Waals surface area contributed by atoms with E-state index in [-0.39, 0.29) is 11.4 Å². The highest BCUT2D eigenvalue weighted by Crippen LogP contribution is 2.49. The lowest BCUT2D eigenvalue weighted by Gasteiger charge is -2.24. The number of carbonyl (C=O) groups is 1. The van der Waals surface area contributed by atoms with E-state index in [1.54, 1.807) is 12.3 Å². The molecule has 3 heterocycles. The zero-order chi connectivity index (χ0) is 16.7. The molecule has 1 saturated heterocycles. The van der Waals surface area contributed by atoms with Gasteiger partial charge in [0.15, 0.2) is 5.82 Å². The number of aromatic nitrogens is 4. The number of rotatable bonds is 2. The van der Waals surface area contributed by atoms with Gasteiger partial charge in [-0.1, -0.05) is 11.6 Å². The number of urea groups is 1. The summed E-state index contributed by atoms with van der Waals surface area (Å²) in [5, 5.41) is 14.6. The molecule has 2 amide bonds. The first-order valence-electron chi connectivity index (χ1n) is 8.23. The second kappa shape index (κ2) is 5.54. The van der Waals surface area contributed by atoms with Gasteiger partial charge in [-0.2, -0.15) is 15.2 Å². The third kappa shape index (κ3) is 2.33. The van der Waals surface area contributed by atoms with Gasteiger partial charge < -0.3 is 14.7 Å². The minimum absolute atomic E-state index is 0.115. The van der Waals surface area contributed by atoms with E-state index in [0.29, 0.717) is 42.1 Å². The van der Waals surface area contributed by atoms with Gasteiger partial charge in [0.2, 0.25) is 5.89 Å². The van der Waals surface area contributed by atoms with Crippen LogP contribution in [0, 0.1) is 19.8 Å². The molecule has 1 aliphatic heterocycles. The highest BCUT2D eigenvalue weighted by molar-refractivity contribution is 5.90. The number of likely N-dealkylation sites (tertiary alicyclic amines) is 1. The molecule has 1 saturated carbocycles. The molecule has 126 valence electrons. The van der Waals surface area contributed by atoms with Gasteiger partial charge in [0.1, 0.15) is 0 Å². The number of aryl methyl sites for hydroxylation is 2. The van der Waals surface area contributed by atoms with Crippen molar-refractivity contribution in [1.82, 2.24) is 25.2 Å². The third-order valence-electron chi connectivity index (χ3n) is 5.26. The van der Waals surface area contributed by atoms with Crippen LogP contribution in [0.3, 0.4) is 0 Å². The molecule has 2 atom stereocenters. The molecule has 0 aromatic carbocycles. The van der Waals surface area contributed by atoms with E-state index < -0.39 is 0 Å². The number of fused-ring (bicyclic) bond motifs is 1. The van der Waals surface area contributed by atoms with Gasteiger partial charge in [-0.25, -0.2) is 4.79 Å². The predicted octanol–water partition coefficient (Wildman–Crippen LogP) is 2.06. The normalized spacial score (nSPS) is 25.8. The quantitative estimate of drug-likeness (QED) is 0.906. The summed E-state index contributed by atoms with van der Waals surface area (Å²) in [7, 11) is 0. The number of nitrogens with one attached hydrogen (secondary N) is 1. The molecule has 2 aromatic heterocycles. The fourth-order valence-corrected chi connectivity index (χ4v) is 4.02. The van der Waals surface area contributed by atoms with E-state index >= 15 is 0 Å². The van der Waals surface area contributed by atoms with E-state index in [1.807, 2.05) is 18.7 Å². The van der Waals surface area contributed by atoms with Gasteiger partial charge >= 0.3 is 6.03 Å². The average Bonchev–Trinajstić information content (AvgIpc) is 3.23. The van der Waals surface area contributed by atoms with Crippen molar-refractivity contribution >= 4 is 11.7 Å². The summed E-state index contributed by atoms with van der Waals surface area (Å²) < 4.78 is 5.48. The molecular formula is C16H20N6O2. The number of hydrogen-bond donors (Lipinski definition) is 1. The van der Waals surface area contributed by atoms with E-state index in [2.05, 4.69) is 25.7 Å². The molecule has 0 radical (unpaired) electrons. The van der Waals surface area contributed by atoms with Crippen molar-refractivity contribution in [3.8, 4) is 0 Å². The van der Waals surface area contributed by atoms with E-state index in [1.165, 1.54) is 0 Å². The van der Waals surface area contributed by atoms with Gasteiger partial charge in [0.25, 0.3) is 0 Å². The van der Waals surface area contributed by atoms with Crippen LogP contribution in [0.25, 0.3) is 0 Å². The largest absolute Gasteiger partial charge is 0.339 e. The Kier molecular flexibility index (Phi) is 3.47. The number of nitrogens with zero attached hydrogens (tertiary/aromatic N) is 5. The summed E-state index contributed by atoms with van der Waals surface area (Å²) in [6.07, 6.45) is 4.78. The Bertz CT molecular complexity index is 775. The molecule has 2 aliphatic rings. The lowest BCUT2D eigenvalue weighted by Crippen LogP contribution is -2.37. The van der Waals surface area contributed by atoms with Gasteiger partial charge in [-0.15, -0.1) is 0 Å². The van der Waals surface area contributed by atoms with Crippen molar-refractivity contribution in [2.24, 2.45) is 5.92 Å². The molecule has 1 N–H and O–H groups in total. The monoisotopic (exact) mass is 328 g/mol. The van der Waals surface area contributed by atoms with Crippen LogP contribution >= 0.6 is 0 Å². The highest BCUT2D eigenvalue weighted by Gasteiger charge is 2.55. The van der Waals surface area contributed by atoms with Crippen molar-refractivity contribution in [2.75, 3.05) is 18.4 Å². The number of hydrogen-bond acceptors (Lipinski definition) is 6. The highest BCUT2D eigenvalue weighted by atomic mass is 16.5. The van der Waals surface area contributed by atoms with E-state index in [9.17, 15) is 4.79 Å². The second-order valence-corrected chi connectivity index (χ2v) is 6.73. The van der Waals surface area contributed by atoms with Crippen LogP contribution in [0.5, 0.6) is 0 Å². The maximum atomic E-state index is 12.7. The molecule has 2 fully saturated rings. The number of amides is 2. The van der Waals surface area contributed by atoms with E-state index in [4.69, 9.17) is 4.52 Å². The van der Waals surface area contributed by atoms with Crippen LogP contribution < -0.4 is 5.32 Å². The maximum Gasteiger partial charge on any atom is 0.321 e. The first-order valence-corrected chi connectivity index (χ1v) is 8.23. The van der Waals surface area contributed by atoms with Crippen LogP contribution in [-0.4, -0.2) is 44.4 Å². The van der Waals surface area contributed by atoms with Gasteiger partial charge in [0, 0.05) is 13.1 Å². The molecule has 2 aromatic rings. The van der Waals surface area contributed by atoms with Crippen molar-refractivity contribution in [3.63, 3.8) is 0 Å². The Hall–Kier alpha value is -2.51. The minimum Gasteiger partial charge on any atom is -0.339 e. The summed E-state index contributed by atoms with van der Waals surface area (Å²) in [6, 6.07) is 1.64. The molecule has 8 nitrogen and oxygen atoms in total. The molecule has 0 bridgehead atoms. The van der Waals surface area contributed by atoms with Crippen molar-refractivity contribution in [1.29, 1.82) is 0 Å². The minimum atomic E-state index is -0.190. The smallest absolute Gasteiger partial charge is 0.321 e. The fourth-order valence-electron chi connectivity index (χ4n) is 4.02. The summed E-state index contributed by atoms with van der Waals surface area (Å²) >= 11 is 0. The Labute approximate surface area is 139 Å². The third-order valence-corrected chi connectivity index (χ3v) is 5.26. The number of anilines is 1. The average molecular weight is 328 g/mol. The van der Waals surface area contributed by atoms with Gasteiger partial charge in [0.05, 0.1) is 23.0 Å². The molecule has 8 heteroatoms. The molecule has 1 aliphatic carbocycles. The lowest BCUT2D eigenvalue weighted by molar-refractivity contribution is 0.214. The lowest BCUT2D eigenvalue weighted by atomic mass is 9.80. The molecule has 0 unspecified atom stereocenters. The summed E-state index contributed by atoms with van der Waals surface area (Å²) in [5.74, 6) is 1.70. The fraction of sp³-hybridized carbons (Fsp3) is 0.562. The Balaban J connectivity index is 1.55. The first-order chi connectivity index (χ1) is 11.6. The topological polar surface area (TPSA) is 97.0 Å². The first kappa shape index (κ1) is 15.0. The molecule has 0 spiro atoms. The van der Waals surface area contributed by atoms with Crippen LogP contribution in [-0.2, 0) is 5.41 Å². The SMILES string of the molecule is Cc1noc([C@]23CCC[C@H]2CN(C(=O)Nc2ccnnc2C)C3)n1. The zero-order valence-electron chi connectivity index (χ0n) is 13.8. The van der Waals surface area contributed by atoms with Crippen molar-refractivity contribution < 1.29 is 9.32 Å². The zero-order valence-corrected chi connectivity index (χ0v) is 13.8. The van der Waals surface area contributed by atoms with Gasteiger partial charge in [-0.3, -0.25) is 0 Å². The Morgan fingerprint density at radius 3 is 3.08 bits per heavy atom.